The Hall–Kier alpha value is 0.610. The summed E-state index contributed by atoms with van der Waals surface area (Å²) in [4.78, 5) is 0.0496. The van der Waals surface area contributed by atoms with Crippen molar-refractivity contribution in [3.63, 3.8) is 0 Å². The minimum atomic E-state index is -2.29. The summed E-state index contributed by atoms with van der Waals surface area (Å²) in [5.41, 5.74) is 0. The molecule has 4 nitrogen and oxygen atoms in total. The van der Waals surface area contributed by atoms with E-state index in [9.17, 15) is 8.76 Å². The van der Waals surface area contributed by atoms with Crippen LogP contribution in [0.4, 0.5) is 0 Å². The van der Waals surface area contributed by atoms with Crippen LogP contribution in [-0.2, 0) is 17.6 Å². The number of hydrogen-bond acceptors (Lipinski definition) is 3. The molecule has 0 bridgehead atoms. The van der Waals surface area contributed by atoms with E-state index in [0.29, 0.717) is 6.54 Å². The van der Waals surface area contributed by atoms with E-state index in [4.69, 9.17) is 11.6 Å². The Morgan fingerprint density at radius 3 is 2.67 bits per heavy atom. The van der Waals surface area contributed by atoms with E-state index >= 15 is 0 Å². The van der Waals surface area contributed by atoms with Crippen molar-refractivity contribution < 1.29 is 38.3 Å². The Labute approximate surface area is 99.9 Å². The Bertz CT molecular complexity index is 291. The van der Waals surface area contributed by atoms with Crippen molar-refractivity contribution in [2.45, 2.75) is 18.4 Å². The van der Waals surface area contributed by atoms with Gasteiger partial charge < -0.3 is 4.55 Å². The molecule has 0 radical (unpaired) electrons. The van der Waals surface area contributed by atoms with Gasteiger partial charge in [0.25, 0.3) is 0 Å². The van der Waals surface area contributed by atoms with Gasteiger partial charge in [0.05, 0.1) is 11.1 Å². The van der Waals surface area contributed by atoms with Crippen molar-refractivity contribution in [3.8, 4) is 0 Å². The molecule has 1 heterocycles. The molecule has 0 aromatic carbocycles. The molecule has 0 spiro atoms. The zero-order valence-electron chi connectivity index (χ0n) is 6.78. The predicted molar refractivity (Wildman–Crippen MR) is 40.1 cm³/mol. The summed E-state index contributed by atoms with van der Waals surface area (Å²) in [5, 5.41) is 3.91. The van der Waals surface area contributed by atoms with Gasteiger partial charge in [-0.1, -0.05) is 11.6 Å². The second-order valence-electron chi connectivity index (χ2n) is 1.85. The molecule has 0 amide bonds. The van der Waals surface area contributed by atoms with Crippen LogP contribution in [0.25, 0.3) is 0 Å². The van der Waals surface area contributed by atoms with E-state index in [1.54, 1.807) is 0 Å². The quantitative estimate of drug-likeness (QED) is 0.417. The van der Waals surface area contributed by atoms with Crippen molar-refractivity contribution in [2.75, 3.05) is 0 Å². The number of aryl methyl sites for hydroxylation is 1. The number of nitrogens with zero attached hydrogens (tertiary/aromatic N) is 2. The fourth-order valence-corrected chi connectivity index (χ4v) is 1.46. The van der Waals surface area contributed by atoms with Gasteiger partial charge in [-0.2, -0.15) is 5.10 Å². The molecule has 0 N–H and O–H groups in total. The molecule has 0 aliphatic heterocycles. The molecule has 7 heteroatoms. The molecular weight excluding hydrogens is 211 g/mol. The van der Waals surface area contributed by atoms with Crippen LogP contribution in [0.5, 0.6) is 0 Å². The van der Waals surface area contributed by atoms with Crippen LogP contribution in [-0.4, -0.2) is 18.5 Å². The Morgan fingerprint density at radius 2 is 2.42 bits per heavy atom. The molecule has 0 aliphatic carbocycles. The largest absolute Gasteiger partial charge is 1.00 e. The standard InChI is InChI=1S/C5H7ClN2O2S.Na/c1-2-8-5(6)4(3-7-8)11(9)10;/h3H,2H2,1H3,(H,9,10);/q;+1/p-1. The first-order chi connectivity index (χ1) is 5.16. The van der Waals surface area contributed by atoms with Crippen LogP contribution >= 0.6 is 11.6 Å². The smallest absolute Gasteiger partial charge is 0.768 e. The van der Waals surface area contributed by atoms with Crippen LogP contribution in [0.3, 0.4) is 0 Å². The molecule has 62 valence electrons. The van der Waals surface area contributed by atoms with Gasteiger partial charge >= 0.3 is 29.6 Å². The van der Waals surface area contributed by atoms with Crippen LogP contribution in [0.2, 0.25) is 5.15 Å². The summed E-state index contributed by atoms with van der Waals surface area (Å²) in [6.45, 7) is 2.40. The zero-order chi connectivity index (χ0) is 8.43. The molecule has 1 aromatic heterocycles. The van der Waals surface area contributed by atoms with Gasteiger partial charge in [0.1, 0.15) is 5.15 Å². The van der Waals surface area contributed by atoms with Gasteiger partial charge in [-0.3, -0.25) is 8.89 Å². The predicted octanol–water partition coefficient (Wildman–Crippen LogP) is -2.20. The third kappa shape index (κ3) is 2.55. The maximum atomic E-state index is 10.4. The maximum absolute atomic E-state index is 10.4. The van der Waals surface area contributed by atoms with Crippen molar-refractivity contribution in [1.29, 1.82) is 0 Å². The molecule has 1 rings (SSSR count). The Balaban J connectivity index is 0.00000121. The monoisotopic (exact) mass is 216 g/mol. The summed E-state index contributed by atoms with van der Waals surface area (Å²) in [5.74, 6) is 0. The minimum absolute atomic E-state index is 0. The zero-order valence-corrected chi connectivity index (χ0v) is 10.4. The SMILES string of the molecule is CCn1ncc(S(=O)[O-])c1Cl.[Na+]. The first kappa shape index (κ1) is 12.6. The average Bonchev–Trinajstić information content (AvgIpc) is 2.30. The molecule has 1 unspecified atom stereocenters. The summed E-state index contributed by atoms with van der Waals surface area (Å²) in [6, 6.07) is 0. The van der Waals surface area contributed by atoms with E-state index in [-0.39, 0.29) is 39.6 Å². The molecule has 0 fully saturated rings. The third-order valence-corrected chi connectivity index (χ3v) is 2.39. The maximum Gasteiger partial charge on any atom is 1.00 e. The van der Waals surface area contributed by atoms with Crippen LogP contribution in [0.15, 0.2) is 11.1 Å². The number of halogens is 1. The summed E-state index contributed by atoms with van der Waals surface area (Å²) in [6.07, 6.45) is 1.23. The first-order valence-electron chi connectivity index (χ1n) is 2.97. The van der Waals surface area contributed by atoms with Crippen molar-refractivity contribution >= 4 is 22.7 Å². The van der Waals surface area contributed by atoms with Crippen LogP contribution in [0.1, 0.15) is 6.92 Å². The van der Waals surface area contributed by atoms with Crippen LogP contribution in [0, 0.1) is 0 Å². The summed E-state index contributed by atoms with van der Waals surface area (Å²) < 4.78 is 22.2. The second kappa shape index (κ2) is 5.36. The van der Waals surface area contributed by atoms with E-state index in [1.165, 1.54) is 10.9 Å². The number of rotatable bonds is 2. The van der Waals surface area contributed by atoms with Gasteiger partial charge in [-0.25, -0.2) is 0 Å². The van der Waals surface area contributed by atoms with Gasteiger partial charge in [-0.05, 0) is 18.0 Å². The molecule has 1 atom stereocenters. The average molecular weight is 217 g/mol. The molecule has 12 heavy (non-hydrogen) atoms. The van der Waals surface area contributed by atoms with Crippen molar-refractivity contribution in [3.05, 3.63) is 11.3 Å². The Kier molecular flexibility index (Phi) is 5.64. The normalized spacial score (nSPS) is 12.2. The molecule has 0 saturated heterocycles. The minimum Gasteiger partial charge on any atom is -0.768 e. The molecule has 0 aliphatic rings. The van der Waals surface area contributed by atoms with Gasteiger partial charge in [0.15, 0.2) is 0 Å². The topological polar surface area (TPSA) is 58.0 Å². The fourth-order valence-electron chi connectivity index (χ4n) is 0.686. The van der Waals surface area contributed by atoms with Gasteiger partial charge in [0, 0.05) is 6.54 Å². The van der Waals surface area contributed by atoms with E-state index in [2.05, 4.69) is 5.10 Å². The fraction of sp³-hybridized carbons (Fsp3) is 0.400. The van der Waals surface area contributed by atoms with Crippen molar-refractivity contribution in [1.82, 2.24) is 9.78 Å². The summed E-state index contributed by atoms with van der Waals surface area (Å²) >= 11 is 3.34. The van der Waals surface area contributed by atoms with E-state index in [1.807, 2.05) is 6.92 Å². The molecule has 0 saturated carbocycles. The van der Waals surface area contributed by atoms with E-state index in [0.717, 1.165) is 0 Å². The number of aromatic nitrogens is 2. The first-order valence-corrected chi connectivity index (χ1v) is 4.42. The van der Waals surface area contributed by atoms with E-state index < -0.39 is 11.1 Å². The third-order valence-electron chi connectivity index (χ3n) is 1.22. The van der Waals surface area contributed by atoms with Crippen LogP contribution < -0.4 is 29.6 Å². The van der Waals surface area contributed by atoms with Gasteiger partial charge in [0.2, 0.25) is 0 Å². The molecular formula is C5H6ClN2NaO2S. The summed E-state index contributed by atoms with van der Waals surface area (Å²) in [7, 11) is 0. The number of hydrogen-bond donors (Lipinski definition) is 0. The van der Waals surface area contributed by atoms with Crippen molar-refractivity contribution in [2.24, 2.45) is 0 Å². The Morgan fingerprint density at radius 1 is 1.83 bits per heavy atom. The second-order valence-corrected chi connectivity index (χ2v) is 3.12. The van der Waals surface area contributed by atoms with Gasteiger partial charge in [-0.15, -0.1) is 0 Å². The molecule has 1 aromatic rings.